The molecule has 1 aliphatic rings. The third-order valence-corrected chi connectivity index (χ3v) is 3.92. The summed E-state index contributed by atoms with van der Waals surface area (Å²) >= 11 is 0. The number of nitrogens with one attached hydrogen (secondary N) is 2. The molecule has 0 aliphatic carbocycles. The molecule has 2 aromatic rings. The maximum atomic E-state index is 4.43. The Morgan fingerprint density at radius 3 is 2.57 bits per heavy atom. The number of pyridine rings is 1. The molecule has 2 aromatic heterocycles. The van der Waals surface area contributed by atoms with Gasteiger partial charge < -0.3 is 10.3 Å². The largest absolute Gasteiger partial charge is 0.358 e. The Kier molecular flexibility index (Phi) is 11.0. The minimum atomic E-state index is 0.697. The van der Waals surface area contributed by atoms with E-state index >= 15 is 0 Å². The fourth-order valence-electron chi connectivity index (χ4n) is 2.70. The van der Waals surface area contributed by atoms with E-state index < -0.39 is 0 Å². The number of hydrogen-bond acceptors (Lipinski definition) is 3. The van der Waals surface area contributed by atoms with Gasteiger partial charge in [0.25, 0.3) is 0 Å². The van der Waals surface area contributed by atoms with Crippen LogP contribution in [0.1, 0.15) is 58.0 Å². The number of hydrogen-bond donors (Lipinski definition) is 2. The van der Waals surface area contributed by atoms with Crippen LogP contribution in [0.25, 0.3) is 23.4 Å². The predicted octanol–water partition coefficient (Wildman–Crippen LogP) is 6.25. The van der Waals surface area contributed by atoms with Crippen molar-refractivity contribution in [2.45, 2.75) is 47.5 Å². The van der Waals surface area contributed by atoms with Crippen molar-refractivity contribution in [3.63, 3.8) is 0 Å². The van der Waals surface area contributed by atoms with E-state index in [1.807, 2.05) is 64.4 Å². The molecule has 28 heavy (non-hydrogen) atoms. The van der Waals surface area contributed by atoms with Crippen LogP contribution in [0.2, 0.25) is 0 Å². The standard InChI is InChI=1S/C20H22N4.2C2H6/c1-3-5-19-16(4-2)11-20(24-19)17-8-9-23-18(10-17)7-6-15-12-21-14-22-13-15;2*1-2/h4,6-12,14,24H,2-3,5,13H2,1H3,(H,21,22);2*1-2H3/b7-6-;;. The fraction of sp³-hybridized carbons (Fsp3) is 0.333. The van der Waals surface area contributed by atoms with Gasteiger partial charge in [0.1, 0.15) is 0 Å². The monoisotopic (exact) mass is 378 g/mol. The first-order valence-corrected chi connectivity index (χ1v) is 10.2. The van der Waals surface area contributed by atoms with Crippen LogP contribution >= 0.6 is 0 Å². The van der Waals surface area contributed by atoms with Crippen LogP contribution < -0.4 is 5.32 Å². The lowest BCUT2D eigenvalue weighted by atomic mass is 10.1. The highest BCUT2D eigenvalue weighted by Gasteiger charge is 2.07. The number of nitrogens with zero attached hydrogens (tertiary/aromatic N) is 2. The van der Waals surface area contributed by atoms with Crippen molar-refractivity contribution in [1.82, 2.24) is 15.3 Å². The first kappa shape index (κ1) is 23.2. The fourth-order valence-corrected chi connectivity index (χ4v) is 2.70. The molecule has 150 valence electrons. The van der Waals surface area contributed by atoms with Crippen molar-refractivity contribution in [3.05, 3.63) is 65.8 Å². The first-order valence-electron chi connectivity index (χ1n) is 10.2. The van der Waals surface area contributed by atoms with E-state index in [1.165, 1.54) is 11.3 Å². The minimum absolute atomic E-state index is 0.697. The molecule has 4 nitrogen and oxygen atoms in total. The maximum Gasteiger partial charge on any atom is 0.0867 e. The first-order chi connectivity index (χ1) is 13.8. The van der Waals surface area contributed by atoms with Crippen LogP contribution in [0.5, 0.6) is 0 Å². The number of H-pyrrole nitrogens is 1. The number of aryl methyl sites for hydroxylation is 1. The van der Waals surface area contributed by atoms with E-state index in [4.69, 9.17) is 0 Å². The summed E-state index contributed by atoms with van der Waals surface area (Å²) in [5.41, 5.74) is 6.71. The van der Waals surface area contributed by atoms with Crippen LogP contribution in [0.4, 0.5) is 0 Å². The molecular weight excluding hydrogens is 344 g/mol. The molecule has 4 heteroatoms. The molecule has 0 fully saturated rings. The number of aromatic amines is 1. The summed E-state index contributed by atoms with van der Waals surface area (Å²) in [6.07, 6.45) is 13.6. The zero-order chi connectivity index (χ0) is 20.8. The molecule has 0 amide bonds. The van der Waals surface area contributed by atoms with E-state index in [2.05, 4.69) is 45.9 Å². The van der Waals surface area contributed by atoms with E-state index in [-0.39, 0.29) is 0 Å². The molecule has 3 rings (SSSR count). The van der Waals surface area contributed by atoms with Crippen molar-refractivity contribution < 1.29 is 0 Å². The van der Waals surface area contributed by atoms with Gasteiger partial charge in [-0.1, -0.05) is 59.8 Å². The molecule has 0 saturated heterocycles. The third kappa shape index (κ3) is 6.69. The number of rotatable bonds is 6. The molecule has 0 unspecified atom stereocenters. The van der Waals surface area contributed by atoms with Crippen molar-refractivity contribution in [1.29, 1.82) is 0 Å². The Hall–Kier alpha value is -2.88. The minimum Gasteiger partial charge on any atom is -0.358 e. The van der Waals surface area contributed by atoms with Crippen molar-refractivity contribution in [2.75, 3.05) is 6.54 Å². The Morgan fingerprint density at radius 1 is 1.14 bits per heavy atom. The lowest BCUT2D eigenvalue weighted by Crippen LogP contribution is -2.08. The van der Waals surface area contributed by atoms with Crippen LogP contribution in [0, 0.1) is 0 Å². The smallest absolute Gasteiger partial charge is 0.0867 e. The Bertz CT molecular complexity index is 810. The second kappa shape index (κ2) is 13.3. The number of aromatic nitrogens is 2. The van der Waals surface area contributed by atoms with Gasteiger partial charge in [-0.3, -0.25) is 9.98 Å². The molecule has 3 heterocycles. The molecule has 0 bridgehead atoms. The van der Waals surface area contributed by atoms with Crippen LogP contribution in [0.15, 0.2) is 53.8 Å². The summed E-state index contributed by atoms with van der Waals surface area (Å²) in [5, 5.41) is 3.00. The van der Waals surface area contributed by atoms with Gasteiger partial charge in [0.05, 0.1) is 18.6 Å². The van der Waals surface area contributed by atoms with Crippen LogP contribution in [0.3, 0.4) is 0 Å². The molecule has 0 atom stereocenters. The highest BCUT2D eigenvalue weighted by atomic mass is 14.9. The third-order valence-electron chi connectivity index (χ3n) is 3.92. The van der Waals surface area contributed by atoms with Gasteiger partial charge in [0.15, 0.2) is 0 Å². The van der Waals surface area contributed by atoms with E-state index in [0.717, 1.165) is 35.4 Å². The van der Waals surface area contributed by atoms with Crippen molar-refractivity contribution >= 4 is 18.5 Å². The highest BCUT2D eigenvalue weighted by Crippen LogP contribution is 2.24. The zero-order valence-electron chi connectivity index (χ0n) is 17.9. The summed E-state index contributed by atoms with van der Waals surface area (Å²) in [6, 6.07) is 6.27. The lowest BCUT2D eigenvalue weighted by Gasteiger charge is -2.04. The summed E-state index contributed by atoms with van der Waals surface area (Å²) < 4.78 is 0. The molecular formula is C24H34N4. The molecule has 0 radical (unpaired) electrons. The van der Waals surface area contributed by atoms with Gasteiger partial charge in [-0.25, -0.2) is 0 Å². The second-order valence-electron chi connectivity index (χ2n) is 5.73. The molecule has 0 saturated carbocycles. The quantitative estimate of drug-likeness (QED) is 0.624. The maximum absolute atomic E-state index is 4.43. The highest BCUT2D eigenvalue weighted by molar-refractivity contribution is 5.68. The average Bonchev–Trinajstić information content (AvgIpc) is 3.19. The average molecular weight is 379 g/mol. The Labute approximate surface area is 170 Å². The van der Waals surface area contributed by atoms with Gasteiger partial charge in [-0.2, -0.15) is 0 Å². The van der Waals surface area contributed by atoms with Gasteiger partial charge >= 0.3 is 0 Å². The van der Waals surface area contributed by atoms with Crippen molar-refractivity contribution in [2.24, 2.45) is 4.99 Å². The Morgan fingerprint density at radius 2 is 1.93 bits per heavy atom. The van der Waals surface area contributed by atoms with Crippen LogP contribution in [-0.2, 0) is 6.42 Å². The van der Waals surface area contributed by atoms with Gasteiger partial charge in [-0.15, -0.1) is 0 Å². The summed E-state index contributed by atoms with van der Waals surface area (Å²) in [5.74, 6) is 0. The predicted molar refractivity (Wildman–Crippen MR) is 124 cm³/mol. The molecule has 0 spiro atoms. The normalized spacial score (nSPS) is 12.2. The van der Waals surface area contributed by atoms with E-state index in [9.17, 15) is 0 Å². The summed E-state index contributed by atoms with van der Waals surface area (Å²) in [7, 11) is 0. The molecule has 1 aliphatic heterocycles. The summed E-state index contributed by atoms with van der Waals surface area (Å²) in [4.78, 5) is 12.1. The SMILES string of the molecule is C=Cc1cc(-c2ccnc(/C=C\C3=CNC=NC3)c2)[nH]c1CCC.CC.CC. The van der Waals surface area contributed by atoms with Crippen molar-refractivity contribution in [3.8, 4) is 11.3 Å². The second-order valence-corrected chi connectivity index (χ2v) is 5.73. The van der Waals surface area contributed by atoms with E-state index in [0.29, 0.717) is 6.54 Å². The Balaban J connectivity index is 0.000000921. The lowest BCUT2D eigenvalue weighted by molar-refractivity contribution is 0.891. The topological polar surface area (TPSA) is 53.1 Å². The van der Waals surface area contributed by atoms with E-state index in [1.54, 1.807) is 6.34 Å². The van der Waals surface area contributed by atoms with Gasteiger partial charge in [0, 0.05) is 29.3 Å². The zero-order valence-corrected chi connectivity index (χ0v) is 17.9. The summed E-state index contributed by atoms with van der Waals surface area (Å²) in [6.45, 7) is 14.8. The molecule has 2 N–H and O–H groups in total. The van der Waals surface area contributed by atoms with Gasteiger partial charge in [0.2, 0.25) is 0 Å². The van der Waals surface area contributed by atoms with Crippen LogP contribution in [-0.4, -0.2) is 22.9 Å². The van der Waals surface area contributed by atoms with Gasteiger partial charge in [-0.05, 0) is 41.8 Å². The molecule has 0 aromatic carbocycles. The number of aliphatic imine (C=N–C) groups is 1.